The number of ether oxygens (including phenoxy) is 3. The van der Waals surface area contributed by atoms with Gasteiger partial charge in [0.15, 0.2) is 0 Å². The highest BCUT2D eigenvalue weighted by Crippen LogP contribution is 2.38. The quantitative estimate of drug-likeness (QED) is 0.594. The Balaban J connectivity index is 1.58. The van der Waals surface area contributed by atoms with E-state index in [9.17, 15) is 14.7 Å². The number of fused-ring (bicyclic) bond motifs is 1. The lowest BCUT2D eigenvalue weighted by Crippen LogP contribution is -2.22. The summed E-state index contributed by atoms with van der Waals surface area (Å²) in [6.45, 7) is 1.99. The van der Waals surface area contributed by atoms with Crippen LogP contribution in [-0.2, 0) is 25.6 Å². The van der Waals surface area contributed by atoms with Crippen molar-refractivity contribution in [3.05, 3.63) is 54.4 Å². The first-order valence-electron chi connectivity index (χ1n) is 10.5. The van der Waals surface area contributed by atoms with Gasteiger partial charge in [-0.05, 0) is 74.6 Å². The van der Waals surface area contributed by atoms with E-state index in [0.717, 1.165) is 24.8 Å². The predicted molar refractivity (Wildman–Crippen MR) is 109 cm³/mol. The Hall–Kier alpha value is -2.67. The van der Waals surface area contributed by atoms with Crippen LogP contribution in [-0.4, -0.2) is 40.5 Å². The van der Waals surface area contributed by atoms with Crippen LogP contribution in [0.1, 0.15) is 44.6 Å². The molecule has 0 bridgehead atoms. The average Bonchev–Trinajstić information content (AvgIpc) is 3.13. The highest BCUT2D eigenvalue weighted by molar-refractivity contribution is 5.82. The first-order chi connectivity index (χ1) is 14.5. The second-order valence-corrected chi connectivity index (χ2v) is 7.89. The number of allylic oxidation sites excluding steroid dienone is 2. The number of esters is 1. The Bertz CT molecular complexity index is 762. The Morgan fingerprint density at radius 2 is 2.07 bits per heavy atom. The smallest absolute Gasteiger partial charge is 0.460 e. The lowest BCUT2D eigenvalue weighted by molar-refractivity contribution is -0.142. The standard InChI is InChI=1S/C23H29NO6/c1-16-5-3-2-4-6-18-13-19(14-20(18)21(25)7-8-22(26)29-16)30-23(27)28-15-17-9-11-24-12-10-17/h4,6-12,16,18-21,25H,2-3,5,13-15H2,1H3/b6-4+,8-7+/t16-,18+,19-,20+,21+/m0/s1. The number of rotatable bonds is 3. The van der Waals surface area contributed by atoms with Crippen LogP contribution in [0.3, 0.4) is 0 Å². The van der Waals surface area contributed by atoms with Crippen LogP contribution in [0.25, 0.3) is 0 Å². The molecule has 1 saturated carbocycles. The van der Waals surface area contributed by atoms with E-state index in [0.29, 0.717) is 12.8 Å². The van der Waals surface area contributed by atoms with Gasteiger partial charge in [0.05, 0.1) is 12.2 Å². The number of hydrogen-bond donors (Lipinski definition) is 1. The number of nitrogens with zero attached hydrogens (tertiary/aromatic N) is 1. The molecule has 1 aromatic rings. The molecule has 5 atom stereocenters. The molecule has 0 unspecified atom stereocenters. The molecule has 3 rings (SSSR count). The fraction of sp³-hybridized carbons (Fsp3) is 0.522. The third-order valence-electron chi connectivity index (χ3n) is 5.54. The first-order valence-corrected chi connectivity index (χ1v) is 10.5. The normalized spacial score (nSPS) is 31.8. The summed E-state index contributed by atoms with van der Waals surface area (Å²) in [4.78, 5) is 27.9. The van der Waals surface area contributed by atoms with Gasteiger partial charge in [0.25, 0.3) is 0 Å². The minimum atomic E-state index is -0.829. The van der Waals surface area contributed by atoms with E-state index in [1.165, 1.54) is 12.2 Å². The minimum Gasteiger partial charge on any atom is -0.460 e. The van der Waals surface area contributed by atoms with E-state index < -0.39 is 18.2 Å². The van der Waals surface area contributed by atoms with E-state index >= 15 is 0 Å². The Morgan fingerprint density at radius 3 is 2.87 bits per heavy atom. The van der Waals surface area contributed by atoms with Gasteiger partial charge in [0.1, 0.15) is 12.7 Å². The number of carbonyl (C=O) groups is 2. The van der Waals surface area contributed by atoms with Crippen LogP contribution < -0.4 is 0 Å². The molecule has 0 spiro atoms. The lowest BCUT2D eigenvalue weighted by Gasteiger charge is -2.19. The zero-order valence-electron chi connectivity index (χ0n) is 17.2. The largest absolute Gasteiger partial charge is 0.508 e. The summed E-state index contributed by atoms with van der Waals surface area (Å²) in [5.74, 6) is -0.547. The number of aliphatic hydroxyl groups is 1. The Labute approximate surface area is 176 Å². The van der Waals surface area contributed by atoms with Crippen molar-refractivity contribution >= 4 is 12.1 Å². The predicted octanol–water partition coefficient (Wildman–Crippen LogP) is 3.72. The number of carbonyl (C=O) groups excluding carboxylic acids is 2. The van der Waals surface area contributed by atoms with Crippen LogP contribution >= 0.6 is 0 Å². The fourth-order valence-corrected chi connectivity index (χ4v) is 3.97. The molecule has 2 heterocycles. The van der Waals surface area contributed by atoms with Crippen molar-refractivity contribution in [3.63, 3.8) is 0 Å². The van der Waals surface area contributed by atoms with Gasteiger partial charge in [-0.3, -0.25) is 4.98 Å². The van der Waals surface area contributed by atoms with E-state index in [4.69, 9.17) is 14.2 Å². The molecule has 1 aliphatic carbocycles. The van der Waals surface area contributed by atoms with Crippen molar-refractivity contribution in [1.29, 1.82) is 0 Å². The van der Waals surface area contributed by atoms with Crippen LogP contribution in [0.15, 0.2) is 48.8 Å². The molecule has 0 saturated heterocycles. The molecular formula is C23H29NO6. The third-order valence-corrected chi connectivity index (χ3v) is 5.54. The highest BCUT2D eigenvalue weighted by Gasteiger charge is 2.38. The van der Waals surface area contributed by atoms with E-state index in [1.807, 2.05) is 6.92 Å². The van der Waals surface area contributed by atoms with Crippen molar-refractivity contribution in [1.82, 2.24) is 4.98 Å². The minimum absolute atomic E-state index is 0.0526. The summed E-state index contributed by atoms with van der Waals surface area (Å²) in [5, 5.41) is 10.6. The fourth-order valence-electron chi connectivity index (χ4n) is 3.97. The second-order valence-electron chi connectivity index (χ2n) is 7.89. The van der Waals surface area contributed by atoms with Crippen molar-refractivity contribution in [2.24, 2.45) is 11.8 Å². The van der Waals surface area contributed by atoms with Gasteiger partial charge in [-0.2, -0.15) is 0 Å². The molecule has 1 aromatic heterocycles. The second kappa shape index (κ2) is 10.9. The molecule has 162 valence electrons. The summed E-state index contributed by atoms with van der Waals surface area (Å²) in [7, 11) is 0. The van der Waals surface area contributed by atoms with Crippen molar-refractivity contribution in [2.45, 2.75) is 63.9 Å². The van der Waals surface area contributed by atoms with E-state index in [2.05, 4.69) is 17.1 Å². The van der Waals surface area contributed by atoms with Crippen molar-refractivity contribution in [2.75, 3.05) is 0 Å². The molecule has 0 aromatic carbocycles. The van der Waals surface area contributed by atoms with Crippen LogP contribution in [0.5, 0.6) is 0 Å². The number of cyclic esters (lactones) is 1. The SMILES string of the molecule is C[C@H]1CCC/C=C/[C@@H]2C[C@H](OC(=O)OCc3ccncc3)C[C@H]2[C@H](O)/C=C/C(=O)O1. The van der Waals surface area contributed by atoms with Crippen LogP contribution in [0.2, 0.25) is 0 Å². The van der Waals surface area contributed by atoms with Gasteiger partial charge >= 0.3 is 12.1 Å². The maximum atomic E-state index is 12.1. The van der Waals surface area contributed by atoms with E-state index in [-0.39, 0.29) is 30.7 Å². The van der Waals surface area contributed by atoms with Gasteiger partial charge in [0, 0.05) is 18.5 Å². The van der Waals surface area contributed by atoms with Gasteiger partial charge in [-0.1, -0.05) is 12.2 Å². The van der Waals surface area contributed by atoms with Crippen molar-refractivity contribution < 1.29 is 28.9 Å². The molecule has 2 aliphatic rings. The van der Waals surface area contributed by atoms with Gasteiger partial charge in [0.2, 0.25) is 0 Å². The maximum absolute atomic E-state index is 12.1. The summed E-state index contributed by atoms with van der Waals surface area (Å²) < 4.78 is 16.0. The molecule has 7 nitrogen and oxygen atoms in total. The Kier molecular flexibility index (Phi) is 8.02. The lowest BCUT2D eigenvalue weighted by atomic mass is 9.90. The molecule has 1 N–H and O–H groups in total. The van der Waals surface area contributed by atoms with Gasteiger partial charge in [-0.15, -0.1) is 0 Å². The Morgan fingerprint density at radius 1 is 1.27 bits per heavy atom. The zero-order valence-corrected chi connectivity index (χ0v) is 17.2. The summed E-state index contributed by atoms with van der Waals surface area (Å²) in [5.41, 5.74) is 0.829. The van der Waals surface area contributed by atoms with Crippen molar-refractivity contribution in [3.8, 4) is 0 Å². The molecule has 0 radical (unpaired) electrons. The molecule has 1 fully saturated rings. The number of aromatic nitrogens is 1. The molecule has 7 heteroatoms. The monoisotopic (exact) mass is 415 g/mol. The first kappa shape index (κ1) is 22.0. The average molecular weight is 415 g/mol. The third kappa shape index (κ3) is 6.69. The summed E-state index contributed by atoms with van der Waals surface area (Å²) in [6, 6.07) is 3.53. The van der Waals surface area contributed by atoms with Gasteiger partial charge in [-0.25, -0.2) is 9.59 Å². The maximum Gasteiger partial charge on any atom is 0.508 e. The number of hydrogen-bond acceptors (Lipinski definition) is 7. The molecular weight excluding hydrogens is 386 g/mol. The topological polar surface area (TPSA) is 95.0 Å². The summed E-state index contributed by atoms with van der Waals surface area (Å²) in [6.07, 6.45) is 11.8. The number of pyridine rings is 1. The van der Waals surface area contributed by atoms with Crippen LogP contribution in [0.4, 0.5) is 4.79 Å². The van der Waals surface area contributed by atoms with E-state index in [1.54, 1.807) is 24.5 Å². The molecule has 1 aliphatic heterocycles. The van der Waals surface area contributed by atoms with Crippen LogP contribution in [0, 0.1) is 11.8 Å². The van der Waals surface area contributed by atoms with Gasteiger partial charge < -0.3 is 19.3 Å². The number of aliphatic hydroxyl groups excluding tert-OH is 1. The highest BCUT2D eigenvalue weighted by atomic mass is 16.7. The summed E-state index contributed by atoms with van der Waals surface area (Å²) >= 11 is 0. The zero-order chi connectivity index (χ0) is 21.3. The molecule has 30 heavy (non-hydrogen) atoms. The molecule has 0 amide bonds.